The number of amides is 2. The van der Waals surface area contributed by atoms with Gasteiger partial charge in [0.2, 0.25) is 0 Å². The summed E-state index contributed by atoms with van der Waals surface area (Å²) in [7, 11) is 0. The number of phenolic OH excluding ortho intramolecular Hbond substituents is 1. The molecule has 2 fully saturated rings. The van der Waals surface area contributed by atoms with Gasteiger partial charge in [0, 0.05) is 35.4 Å². The van der Waals surface area contributed by atoms with Crippen LogP contribution in [0.25, 0.3) is 0 Å². The van der Waals surface area contributed by atoms with E-state index in [9.17, 15) is 15.0 Å². The van der Waals surface area contributed by atoms with Gasteiger partial charge in [0.25, 0.3) is 0 Å². The Morgan fingerprint density at radius 1 is 1.11 bits per heavy atom. The second-order valence-electron chi connectivity index (χ2n) is 9.30. The van der Waals surface area contributed by atoms with Gasteiger partial charge >= 0.3 is 6.03 Å². The molecule has 35 heavy (non-hydrogen) atoms. The Morgan fingerprint density at radius 2 is 1.80 bits per heavy atom. The molecule has 0 aromatic heterocycles. The molecule has 2 atom stereocenters. The van der Waals surface area contributed by atoms with Gasteiger partial charge in [-0.05, 0) is 69.5 Å². The summed E-state index contributed by atoms with van der Waals surface area (Å²) in [6.45, 7) is 4.29. The molecule has 1 heterocycles. The average molecular weight is 523 g/mol. The fraction of sp³-hybridized carbons (Fsp3) is 0.480. The van der Waals surface area contributed by atoms with Crippen molar-refractivity contribution >= 4 is 34.9 Å². The second-order valence-corrected chi connectivity index (χ2v) is 10.1. The van der Waals surface area contributed by atoms with Crippen LogP contribution in [0.15, 0.2) is 36.4 Å². The molecule has 1 unspecified atom stereocenters. The summed E-state index contributed by atoms with van der Waals surface area (Å²) in [5.74, 6) is -0.164. The van der Waals surface area contributed by atoms with Crippen molar-refractivity contribution in [2.75, 3.05) is 18.4 Å². The molecule has 2 aromatic rings. The van der Waals surface area contributed by atoms with E-state index in [2.05, 4.69) is 20.9 Å². The largest absolute Gasteiger partial charge is 0.503 e. The van der Waals surface area contributed by atoms with Crippen LogP contribution >= 0.6 is 23.2 Å². The number of likely N-dealkylation sites (tertiary alicyclic amines) is 1. The van der Waals surface area contributed by atoms with Gasteiger partial charge in [-0.25, -0.2) is 4.79 Å². The minimum atomic E-state index is -0.852. The number of urea groups is 1. The molecular weight excluding hydrogens is 491 g/mol. The number of carbonyl (C=O) groups is 1. The van der Waals surface area contributed by atoms with Crippen molar-refractivity contribution < 1.29 is 19.7 Å². The molecule has 0 spiro atoms. The summed E-state index contributed by atoms with van der Waals surface area (Å²) in [6.07, 6.45) is 2.10. The van der Waals surface area contributed by atoms with Crippen LogP contribution in [0.3, 0.4) is 0 Å². The Kier molecular flexibility index (Phi) is 8.62. The number of aromatic hydroxyl groups is 1. The molecule has 2 amide bonds. The van der Waals surface area contributed by atoms with E-state index in [4.69, 9.17) is 27.9 Å². The van der Waals surface area contributed by atoms with Crippen molar-refractivity contribution in [3.63, 3.8) is 0 Å². The van der Waals surface area contributed by atoms with Gasteiger partial charge in [-0.1, -0.05) is 35.3 Å². The summed E-state index contributed by atoms with van der Waals surface area (Å²) in [5.41, 5.74) is 1.61. The van der Waals surface area contributed by atoms with Crippen molar-refractivity contribution in [1.82, 2.24) is 15.5 Å². The Morgan fingerprint density at radius 3 is 2.43 bits per heavy atom. The van der Waals surface area contributed by atoms with Crippen LogP contribution < -0.4 is 20.7 Å². The van der Waals surface area contributed by atoms with E-state index in [-0.39, 0.29) is 34.6 Å². The van der Waals surface area contributed by atoms with Crippen LogP contribution in [0.2, 0.25) is 10.0 Å². The number of aliphatic hydroxyl groups is 1. The van der Waals surface area contributed by atoms with E-state index in [1.54, 1.807) is 6.92 Å². The van der Waals surface area contributed by atoms with Gasteiger partial charge in [0.05, 0.1) is 5.02 Å². The molecule has 10 heteroatoms. The van der Waals surface area contributed by atoms with Crippen LogP contribution in [-0.2, 0) is 6.54 Å². The number of rotatable bonds is 9. The molecule has 5 N–H and O–H groups in total. The highest BCUT2D eigenvalue weighted by atomic mass is 35.5. The van der Waals surface area contributed by atoms with E-state index < -0.39 is 12.3 Å². The number of carbonyl (C=O) groups excluding carboxylic acids is 1. The van der Waals surface area contributed by atoms with E-state index >= 15 is 0 Å². The molecule has 1 saturated carbocycles. The lowest BCUT2D eigenvalue weighted by Gasteiger charge is -2.35. The minimum absolute atomic E-state index is 0.0454. The first-order chi connectivity index (χ1) is 16.8. The normalized spacial score (nSPS) is 18.6. The summed E-state index contributed by atoms with van der Waals surface area (Å²) in [5, 5.41) is 30.5. The Hall–Kier alpha value is -2.23. The van der Waals surface area contributed by atoms with E-state index in [1.165, 1.54) is 17.7 Å². The lowest BCUT2D eigenvalue weighted by atomic mass is 10.0. The van der Waals surface area contributed by atoms with Crippen LogP contribution in [0.1, 0.15) is 38.2 Å². The highest BCUT2D eigenvalue weighted by molar-refractivity contribution is 6.32. The first kappa shape index (κ1) is 25.9. The zero-order valence-corrected chi connectivity index (χ0v) is 21.1. The average Bonchev–Trinajstić information content (AvgIpc) is 3.63. The standard InChI is InChI=1S/C25H32Cl2N4O4/c1-15(32)24(28-19-8-10-31(11-9-19)14-16-2-4-17(26)5-3-16)35-22-13-20(12-21(27)23(22)33)30-25(34)29-18-6-7-18/h2-5,12-13,15,18-19,24,28,32-33H,6-11,14H2,1H3,(H2,29,30,34)/t15-,24?/m0/s1. The zero-order chi connectivity index (χ0) is 24.9. The number of ether oxygens (including phenoxy) is 1. The first-order valence-corrected chi connectivity index (χ1v) is 12.7. The number of anilines is 1. The summed E-state index contributed by atoms with van der Waals surface area (Å²) >= 11 is 12.1. The quantitative estimate of drug-likeness (QED) is 0.248. The molecule has 2 aliphatic rings. The maximum absolute atomic E-state index is 12.1. The topological polar surface area (TPSA) is 106 Å². The highest BCUT2D eigenvalue weighted by Gasteiger charge is 2.27. The molecule has 0 radical (unpaired) electrons. The lowest BCUT2D eigenvalue weighted by molar-refractivity contribution is 0.0111. The van der Waals surface area contributed by atoms with Crippen LogP contribution in [0, 0.1) is 0 Å². The highest BCUT2D eigenvalue weighted by Crippen LogP contribution is 2.38. The van der Waals surface area contributed by atoms with Crippen LogP contribution in [-0.4, -0.2) is 58.6 Å². The molecule has 190 valence electrons. The first-order valence-electron chi connectivity index (χ1n) is 11.9. The predicted molar refractivity (Wildman–Crippen MR) is 137 cm³/mol. The molecule has 4 rings (SSSR count). The van der Waals surface area contributed by atoms with Crippen molar-refractivity contribution in [2.24, 2.45) is 0 Å². The number of halogens is 2. The van der Waals surface area contributed by atoms with Crippen molar-refractivity contribution in [2.45, 2.75) is 63.6 Å². The number of benzene rings is 2. The van der Waals surface area contributed by atoms with Crippen molar-refractivity contribution in [3.05, 3.63) is 52.0 Å². The van der Waals surface area contributed by atoms with E-state index in [0.29, 0.717) is 5.69 Å². The Bertz CT molecular complexity index is 1010. The summed E-state index contributed by atoms with van der Waals surface area (Å²) in [4.78, 5) is 14.5. The molecule has 8 nitrogen and oxygen atoms in total. The number of aliphatic hydroxyl groups excluding tert-OH is 1. The smallest absolute Gasteiger partial charge is 0.319 e. The van der Waals surface area contributed by atoms with Gasteiger partial charge in [-0.3, -0.25) is 10.2 Å². The Balaban J connectivity index is 1.33. The fourth-order valence-corrected chi connectivity index (χ4v) is 4.40. The monoisotopic (exact) mass is 522 g/mol. The fourth-order valence-electron chi connectivity index (χ4n) is 4.06. The number of piperidine rings is 1. The van der Waals surface area contributed by atoms with E-state index in [0.717, 1.165) is 50.3 Å². The molecule has 0 bridgehead atoms. The lowest BCUT2D eigenvalue weighted by Crippen LogP contribution is -2.51. The van der Waals surface area contributed by atoms with Crippen LogP contribution in [0.4, 0.5) is 10.5 Å². The van der Waals surface area contributed by atoms with Gasteiger partial charge in [0.15, 0.2) is 17.7 Å². The predicted octanol–water partition coefficient (Wildman–Crippen LogP) is 4.32. The third-order valence-corrected chi connectivity index (χ3v) is 6.74. The van der Waals surface area contributed by atoms with E-state index in [1.807, 2.05) is 24.3 Å². The zero-order valence-electron chi connectivity index (χ0n) is 19.6. The molecule has 1 aliphatic heterocycles. The Labute approximate surface area is 215 Å². The molecule has 2 aromatic carbocycles. The maximum atomic E-state index is 12.1. The van der Waals surface area contributed by atoms with Gasteiger partial charge in [0.1, 0.15) is 6.10 Å². The molecular formula is C25H32Cl2N4O4. The second kappa shape index (κ2) is 11.7. The molecule has 1 aliphatic carbocycles. The summed E-state index contributed by atoms with van der Waals surface area (Å²) < 4.78 is 5.95. The molecule has 1 saturated heterocycles. The van der Waals surface area contributed by atoms with Crippen molar-refractivity contribution in [1.29, 1.82) is 0 Å². The SMILES string of the molecule is C[C@H](O)C(NC1CCN(Cc2ccc(Cl)cc2)CC1)Oc1cc(NC(=O)NC2CC2)cc(Cl)c1O. The van der Waals surface area contributed by atoms with Crippen molar-refractivity contribution in [3.8, 4) is 11.5 Å². The number of nitrogens with one attached hydrogen (secondary N) is 3. The maximum Gasteiger partial charge on any atom is 0.319 e. The number of hydrogen-bond acceptors (Lipinski definition) is 6. The van der Waals surface area contributed by atoms with Gasteiger partial charge in [-0.2, -0.15) is 0 Å². The van der Waals surface area contributed by atoms with Gasteiger partial charge < -0.3 is 25.6 Å². The summed E-state index contributed by atoms with van der Waals surface area (Å²) in [6, 6.07) is 10.9. The third kappa shape index (κ3) is 7.62. The number of hydrogen-bond donors (Lipinski definition) is 5. The van der Waals surface area contributed by atoms with Gasteiger partial charge in [-0.15, -0.1) is 0 Å². The third-order valence-electron chi connectivity index (χ3n) is 6.20. The van der Waals surface area contributed by atoms with Crippen LogP contribution in [0.5, 0.6) is 11.5 Å². The minimum Gasteiger partial charge on any atom is -0.503 e. The number of phenols is 1. The number of nitrogens with zero attached hydrogens (tertiary/aromatic N) is 1.